The zero-order chi connectivity index (χ0) is 11.8. The number of carbonyl (C=O) groups is 1. The van der Waals surface area contributed by atoms with Crippen LogP contribution in [0.1, 0.15) is 13.3 Å². The fraction of sp³-hybridized carbons (Fsp3) is 0.909. The van der Waals surface area contributed by atoms with Crippen LogP contribution in [0, 0.1) is 0 Å². The maximum absolute atomic E-state index is 11.7. The molecule has 0 aliphatic carbocycles. The summed E-state index contributed by atoms with van der Waals surface area (Å²) in [6.45, 7) is 5.97. The van der Waals surface area contributed by atoms with Gasteiger partial charge in [0.2, 0.25) is 5.91 Å². The number of nitrogens with one attached hydrogen (secondary N) is 2. The minimum absolute atomic E-state index is 0.0189. The second-order valence-electron chi connectivity index (χ2n) is 3.92. The quantitative estimate of drug-likeness (QED) is 0.654. The molecule has 1 aliphatic rings. The molecule has 1 atom stereocenters. The van der Waals surface area contributed by atoms with Gasteiger partial charge >= 0.3 is 0 Å². The third-order valence-electron chi connectivity index (χ3n) is 2.84. The van der Waals surface area contributed by atoms with Crippen LogP contribution in [0.3, 0.4) is 0 Å². The Morgan fingerprint density at radius 1 is 1.62 bits per heavy atom. The Hall–Kier alpha value is -0.260. The molecule has 1 amide bonds. The standard InChI is InChI=1S/C11H23N3OS/c1-3-16-8-4-6-14-7-5-13-9-10(14)11(15)12-2/h10,13H,3-9H2,1-2H3,(H,12,15). The largest absolute Gasteiger partial charge is 0.358 e. The molecular weight excluding hydrogens is 222 g/mol. The van der Waals surface area contributed by atoms with Crippen LogP contribution in [0.2, 0.25) is 0 Å². The van der Waals surface area contributed by atoms with Gasteiger partial charge in [-0.25, -0.2) is 0 Å². The van der Waals surface area contributed by atoms with E-state index in [9.17, 15) is 4.79 Å². The van der Waals surface area contributed by atoms with Crippen LogP contribution in [0.5, 0.6) is 0 Å². The molecule has 1 heterocycles. The molecule has 1 saturated heterocycles. The summed E-state index contributed by atoms with van der Waals surface area (Å²) in [5, 5.41) is 6.01. The second kappa shape index (κ2) is 7.92. The highest BCUT2D eigenvalue weighted by Gasteiger charge is 2.26. The number of nitrogens with zero attached hydrogens (tertiary/aromatic N) is 1. The van der Waals surface area contributed by atoms with Gasteiger partial charge in [0.05, 0.1) is 0 Å². The van der Waals surface area contributed by atoms with Crippen molar-refractivity contribution in [3.05, 3.63) is 0 Å². The van der Waals surface area contributed by atoms with Gasteiger partial charge in [0.25, 0.3) is 0 Å². The zero-order valence-corrected chi connectivity index (χ0v) is 11.1. The minimum atomic E-state index is 0.0189. The molecule has 1 unspecified atom stereocenters. The monoisotopic (exact) mass is 245 g/mol. The van der Waals surface area contributed by atoms with Crippen LogP contribution in [0.25, 0.3) is 0 Å². The van der Waals surface area contributed by atoms with Crippen molar-refractivity contribution in [2.24, 2.45) is 0 Å². The number of carbonyl (C=O) groups excluding carboxylic acids is 1. The number of hydrogen-bond acceptors (Lipinski definition) is 4. The molecule has 0 bridgehead atoms. The number of hydrogen-bond donors (Lipinski definition) is 2. The van der Waals surface area contributed by atoms with Gasteiger partial charge in [-0.05, 0) is 24.5 Å². The lowest BCUT2D eigenvalue weighted by Crippen LogP contribution is -2.57. The summed E-state index contributed by atoms with van der Waals surface area (Å²) in [5.74, 6) is 2.51. The van der Waals surface area contributed by atoms with E-state index in [0.29, 0.717) is 0 Å². The van der Waals surface area contributed by atoms with Gasteiger partial charge in [-0.3, -0.25) is 9.69 Å². The second-order valence-corrected chi connectivity index (χ2v) is 5.31. The smallest absolute Gasteiger partial charge is 0.238 e. The molecular formula is C11H23N3OS. The van der Waals surface area contributed by atoms with Gasteiger partial charge in [0.1, 0.15) is 6.04 Å². The van der Waals surface area contributed by atoms with Crippen LogP contribution in [-0.2, 0) is 4.79 Å². The molecule has 4 nitrogen and oxygen atoms in total. The average molecular weight is 245 g/mol. The highest BCUT2D eigenvalue weighted by atomic mass is 32.2. The summed E-state index contributed by atoms with van der Waals surface area (Å²) < 4.78 is 0. The Kier molecular flexibility index (Phi) is 6.84. The first-order valence-corrected chi connectivity index (χ1v) is 7.19. The fourth-order valence-electron chi connectivity index (χ4n) is 1.95. The Balaban J connectivity index is 2.32. The normalized spacial score (nSPS) is 22.0. The molecule has 0 aromatic rings. The molecule has 94 valence electrons. The van der Waals surface area contributed by atoms with Gasteiger partial charge in [0.15, 0.2) is 0 Å². The molecule has 0 spiro atoms. The van der Waals surface area contributed by atoms with E-state index in [4.69, 9.17) is 0 Å². The third kappa shape index (κ3) is 4.31. The van der Waals surface area contributed by atoms with Crippen LogP contribution in [0.15, 0.2) is 0 Å². The summed E-state index contributed by atoms with van der Waals surface area (Å²) in [7, 11) is 1.71. The Morgan fingerprint density at radius 2 is 2.44 bits per heavy atom. The number of piperazine rings is 1. The number of amides is 1. The van der Waals surface area contributed by atoms with Gasteiger partial charge < -0.3 is 10.6 Å². The third-order valence-corrected chi connectivity index (χ3v) is 3.83. The Bertz CT molecular complexity index is 213. The summed E-state index contributed by atoms with van der Waals surface area (Å²) in [6, 6.07) is 0.0189. The predicted molar refractivity (Wildman–Crippen MR) is 69.9 cm³/mol. The topological polar surface area (TPSA) is 44.4 Å². The van der Waals surface area contributed by atoms with Gasteiger partial charge in [0, 0.05) is 26.7 Å². The molecule has 16 heavy (non-hydrogen) atoms. The van der Waals surface area contributed by atoms with Gasteiger partial charge in [-0.2, -0.15) is 11.8 Å². The van der Waals surface area contributed by atoms with E-state index in [0.717, 1.165) is 26.2 Å². The molecule has 0 aromatic carbocycles. The van der Waals surface area contributed by atoms with E-state index in [1.807, 2.05) is 11.8 Å². The summed E-state index contributed by atoms with van der Waals surface area (Å²) in [4.78, 5) is 14.0. The van der Waals surface area contributed by atoms with Crippen molar-refractivity contribution < 1.29 is 4.79 Å². The van der Waals surface area contributed by atoms with Crippen molar-refractivity contribution in [2.75, 3.05) is 44.7 Å². The molecule has 1 rings (SSSR count). The average Bonchev–Trinajstić information content (AvgIpc) is 2.34. The zero-order valence-electron chi connectivity index (χ0n) is 10.3. The number of rotatable bonds is 6. The van der Waals surface area contributed by atoms with Crippen LogP contribution < -0.4 is 10.6 Å². The molecule has 1 fully saturated rings. The van der Waals surface area contributed by atoms with Crippen LogP contribution >= 0.6 is 11.8 Å². The van der Waals surface area contributed by atoms with E-state index in [-0.39, 0.29) is 11.9 Å². The SMILES string of the molecule is CCSCCCN1CCNCC1C(=O)NC. The lowest BCUT2D eigenvalue weighted by atomic mass is 10.1. The van der Waals surface area contributed by atoms with Crippen LogP contribution in [0.4, 0.5) is 0 Å². The van der Waals surface area contributed by atoms with E-state index in [1.165, 1.54) is 17.9 Å². The van der Waals surface area contributed by atoms with E-state index < -0.39 is 0 Å². The first-order valence-electron chi connectivity index (χ1n) is 6.03. The molecule has 5 heteroatoms. The summed E-state index contributed by atoms with van der Waals surface area (Å²) in [5.41, 5.74) is 0. The Labute approximate surface area is 103 Å². The molecule has 2 N–H and O–H groups in total. The van der Waals surface area contributed by atoms with E-state index in [2.05, 4.69) is 22.5 Å². The highest BCUT2D eigenvalue weighted by Crippen LogP contribution is 2.07. The summed E-state index contributed by atoms with van der Waals surface area (Å²) >= 11 is 1.97. The maximum atomic E-state index is 11.7. The highest BCUT2D eigenvalue weighted by molar-refractivity contribution is 7.99. The molecule has 0 aromatic heterocycles. The van der Waals surface area contributed by atoms with Crippen molar-refractivity contribution in [3.8, 4) is 0 Å². The lowest BCUT2D eigenvalue weighted by molar-refractivity contribution is -0.126. The predicted octanol–water partition coefficient (Wildman–Crippen LogP) is 0.149. The van der Waals surface area contributed by atoms with E-state index in [1.54, 1.807) is 7.05 Å². The Morgan fingerprint density at radius 3 is 3.12 bits per heavy atom. The fourth-order valence-corrected chi connectivity index (χ4v) is 2.58. The van der Waals surface area contributed by atoms with E-state index >= 15 is 0 Å². The van der Waals surface area contributed by atoms with Gasteiger partial charge in [-0.15, -0.1) is 0 Å². The molecule has 0 radical (unpaired) electrons. The van der Waals surface area contributed by atoms with Crippen molar-refractivity contribution in [3.63, 3.8) is 0 Å². The first-order chi connectivity index (χ1) is 7.79. The van der Waals surface area contributed by atoms with Crippen LogP contribution in [-0.4, -0.2) is 61.6 Å². The lowest BCUT2D eigenvalue weighted by Gasteiger charge is -2.34. The molecule has 1 aliphatic heterocycles. The molecule has 0 saturated carbocycles. The summed E-state index contributed by atoms with van der Waals surface area (Å²) in [6.07, 6.45) is 1.17. The van der Waals surface area contributed by atoms with Crippen molar-refractivity contribution in [2.45, 2.75) is 19.4 Å². The minimum Gasteiger partial charge on any atom is -0.358 e. The van der Waals surface area contributed by atoms with Crippen molar-refractivity contribution >= 4 is 17.7 Å². The van der Waals surface area contributed by atoms with Crippen molar-refractivity contribution in [1.82, 2.24) is 15.5 Å². The number of thioether (sulfide) groups is 1. The first kappa shape index (κ1) is 13.8. The van der Waals surface area contributed by atoms with Gasteiger partial charge in [-0.1, -0.05) is 6.92 Å². The number of likely N-dealkylation sites (N-methyl/N-ethyl adjacent to an activating group) is 1. The maximum Gasteiger partial charge on any atom is 0.238 e. The van der Waals surface area contributed by atoms with Crippen molar-refractivity contribution in [1.29, 1.82) is 0 Å².